The Bertz CT molecular complexity index is 916. The monoisotopic (exact) mass is 410 g/mol. The van der Waals surface area contributed by atoms with Gasteiger partial charge >= 0.3 is 5.97 Å². The third kappa shape index (κ3) is 2.73. The van der Waals surface area contributed by atoms with Crippen molar-refractivity contribution in [2.75, 3.05) is 6.61 Å². The van der Waals surface area contributed by atoms with Gasteiger partial charge in [-0.25, -0.2) is 14.5 Å². The van der Waals surface area contributed by atoms with E-state index in [9.17, 15) is 9.59 Å². The number of nitrogens with zero attached hydrogens (tertiary/aromatic N) is 3. The van der Waals surface area contributed by atoms with Crippen molar-refractivity contribution in [1.29, 1.82) is 0 Å². The first-order valence-corrected chi connectivity index (χ1v) is 7.58. The summed E-state index contributed by atoms with van der Waals surface area (Å²) < 4.78 is 7.19. The predicted molar refractivity (Wildman–Crippen MR) is 88.2 cm³/mol. The second-order valence-electron chi connectivity index (χ2n) is 4.45. The molecule has 0 saturated carbocycles. The smallest absolute Gasteiger partial charge is 0.341 e. The molecule has 2 heterocycles. The van der Waals surface area contributed by atoms with Gasteiger partial charge in [0, 0.05) is 9.77 Å². The maximum absolute atomic E-state index is 12.1. The van der Waals surface area contributed by atoms with Crippen LogP contribution >= 0.6 is 22.6 Å². The highest BCUT2D eigenvalue weighted by Crippen LogP contribution is 2.13. The standard InChI is InChI=1S/C14H11IN4O3/c1-2-22-13(21)8-6-16-19(7-8)14-17-11-4-3-9(15)5-10(11)12(20)18-14/h3-7H,2H2,1H3,(H,17,18,20). The summed E-state index contributed by atoms with van der Waals surface area (Å²) in [6.45, 7) is 2.01. The largest absolute Gasteiger partial charge is 0.462 e. The average molecular weight is 410 g/mol. The number of esters is 1. The summed E-state index contributed by atoms with van der Waals surface area (Å²) in [5.74, 6) is -0.222. The normalized spacial score (nSPS) is 10.8. The zero-order valence-corrected chi connectivity index (χ0v) is 13.7. The molecule has 7 nitrogen and oxygen atoms in total. The summed E-state index contributed by atoms with van der Waals surface area (Å²) in [6.07, 6.45) is 2.84. The highest BCUT2D eigenvalue weighted by atomic mass is 127. The molecule has 3 aromatic rings. The second-order valence-corrected chi connectivity index (χ2v) is 5.69. The number of carbonyl (C=O) groups excluding carboxylic acids is 1. The quantitative estimate of drug-likeness (QED) is 0.526. The number of fused-ring (bicyclic) bond motifs is 1. The summed E-state index contributed by atoms with van der Waals surface area (Å²) in [5.41, 5.74) is 0.603. The van der Waals surface area contributed by atoms with E-state index in [1.54, 1.807) is 19.1 Å². The molecule has 0 fully saturated rings. The van der Waals surface area contributed by atoms with Crippen LogP contribution < -0.4 is 5.56 Å². The van der Waals surface area contributed by atoms with Crippen LogP contribution in [0.5, 0.6) is 0 Å². The summed E-state index contributed by atoms with van der Waals surface area (Å²) >= 11 is 2.13. The minimum atomic E-state index is -0.466. The van der Waals surface area contributed by atoms with E-state index in [0.717, 1.165) is 3.57 Å². The van der Waals surface area contributed by atoms with Crippen molar-refractivity contribution >= 4 is 39.5 Å². The van der Waals surface area contributed by atoms with Gasteiger partial charge in [0.05, 0.1) is 29.3 Å². The molecule has 0 atom stereocenters. The first-order valence-electron chi connectivity index (χ1n) is 6.50. The van der Waals surface area contributed by atoms with Crippen LogP contribution in [-0.2, 0) is 4.74 Å². The van der Waals surface area contributed by atoms with Gasteiger partial charge in [-0.15, -0.1) is 0 Å². The number of aromatic nitrogens is 4. The van der Waals surface area contributed by atoms with Gasteiger partial charge in [0.1, 0.15) is 0 Å². The number of ether oxygens (including phenoxy) is 1. The topological polar surface area (TPSA) is 89.9 Å². The Labute approximate surface area is 138 Å². The van der Waals surface area contributed by atoms with Crippen LogP contribution in [0, 0.1) is 3.57 Å². The van der Waals surface area contributed by atoms with Crippen LogP contribution in [0.25, 0.3) is 16.9 Å². The second kappa shape index (κ2) is 5.87. The number of rotatable bonds is 3. The first kappa shape index (κ1) is 14.7. The lowest BCUT2D eigenvalue weighted by Gasteiger charge is -2.03. The molecule has 8 heteroatoms. The van der Waals surface area contributed by atoms with Crippen molar-refractivity contribution in [3.05, 3.63) is 50.1 Å². The van der Waals surface area contributed by atoms with Gasteiger partial charge in [-0.2, -0.15) is 5.10 Å². The van der Waals surface area contributed by atoms with E-state index < -0.39 is 5.97 Å². The van der Waals surface area contributed by atoms with Crippen molar-refractivity contribution in [2.45, 2.75) is 6.92 Å². The lowest BCUT2D eigenvalue weighted by Crippen LogP contribution is -2.14. The number of aromatic amines is 1. The number of nitrogens with one attached hydrogen (secondary N) is 1. The molecule has 2 aromatic heterocycles. The van der Waals surface area contributed by atoms with Gasteiger partial charge in [-0.05, 0) is 47.7 Å². The third-order valence-corrected chi connectivity index (χ3v) is 3.64. The number of carbonyl (C=O) groups is 1. The minimum Gasteiger partial charge on any atom is -0.462 e. The Morgan fingerprint density at radius 2 is 2.27 bits per heavy atom. The Kier molecular flexibility index (Phi) is 3.92. The zero-order valence-electron chi connectivity index (χ0n) is 11.5. The SMILES string of the molecule is CCOC(=O)c1cnn(-c2nc3ccc(I)cc3c(=O)[nH]2)c1. The van der Waals surface area contributed by atoms with E-state index in [4.69, 9.17) is 4.74 Å². The lowest BCUT2D eigenvalue weighted by atomic mass is 10.2. The molecule has 112 valence electrons. The number of H-pyrrole nitrogens is 1. The van der Waals surface area contributed by atoms with Gasteiger partial charge in [-0.1, -0.05) is 0 Å². The minimum absolute atomic E-state index is 0.245. The fraction of sp³-hybridized carbons (Fsp3) is 0.143. The number of halogens is 1. The Morgan fingerprint density at radius 1 is 1.45 bits per heavy atom. The first-order chi connectivity index (χ1) is 10.6. The van der Waals surface area contributed by atoms with Gasteiger partial charge in [0.2, 0.25) is 5.95 Å². The number of hydrogen-bond acceptors (Lipinski definition) is 5. The van der Waals surface area contributed by atoms with E-state index in [1.165, 1.54) is 17.1 Å². The van der Waals surface area contributed by atoms with Gasteiger partial charge in [-0.3, -0.25) is 9.78 Å². The molecule has 3 rings (SSSR count). The maximum Gasteiger partial charge on any atom is 0.341 e. The molecular weight excluding hydrogens is 399 g/mol. The van der Waals surface area contributed by atoms with Crippen LogP contribution in [0.15, 0.2) is 35.4 Å². The highest BCUT2D eigenvalue weighted by Gasteiger charge is 2.12. The fourth-order valence-corrected chi connectivity index (χ4v) is 2.46. The summed E-state index contributed by atoms with van der Waals surface area (Å²) in [7, 11) is 0. The molecule has 0 unspecified atom stereocenters. The highest BCUT2D eigenvalue weighted by molar-refractivity contribution is 14.1. The van der Waals surface area contributed by atoms with E-state index in [1.807, 2.05) is 6.07 Å². The predicted octanol–water partition coefficient (Wildman–Crippen LogP) is 1.89. The van der Waals surface area contributed by atoms with Crippen molar-refractivity contribution in [3.8, 4) is 5.95 Å². The number of benzene rings is 1. The van der Waals surface area contributed by atoms with E-state index in [2.05, 4.69) is 37.7 Å². The summed E-state index contributed by atoms with van der Waals surface area (Å²) in [5, 5.41) is 4.54. The third-order valence-electron chi connectivity index (χ3n) is 2.97. The molecular formula is C14H11IN4O3. The molecule has 0 aliphatic rings. The van der Waals surface area contributed by atoms with E-state index >= 15 is 0 Å². The lowest BCUT2D eigenvalue weighted by molar-refractivity contribution is 0.0526. The zero-order chi connectivity index (χ0) is 15.7. The van der Waals surface area contributed by atoms with Crippen LogP contribution in [0.4, 0.5) is 0 Å². The van der Waals surface area contributed by atoms with Crippen LogP contribution in [0.3, 0.4) is 0 Å². The van der Waals surface area contributed by atoms with Gasteiger partial charge in [0.15, 0.2) is 0 Å². The molecule has 1 N–H and O–H groups in total. The average Bonchev–Trinajstić information content (AvgIpc) is 2.98. The maximum atomic E-state index is 12.1. The van der Waals surface area contributed by atoms with Crippen molar-refractivity contribution in [1.82, 2.24) is 19.7 Å². The van der Waals surface area contributed by atoms with Gasteiger partial charge < -0.3 is 4.74 Å². The van der Waals surface area contributed by atoms with Crippen molar-refractivity contribution in [2.24, 2.45) is 0 Å². The van der Waals surface area contributed by atoms with E-state index in [0.29, 0.717) is 16.5 Å². The Balaban J connectivity index is 2.05. The van der Waals surface area contributed by atoms with Crippen molar-refractivity contribution < 1.29 is 9.53 Å². The van der Waals surface area contributed by atoms with Crippen molar-refractivity contribution in [3.63, 3.8) is 0 Å². The number of hydrogen-bond donors (Lipinski definition) is 1. The summed E-state index contributed by atoms with van der Waals surface area (Å²) in [6, 6.07) is 5.40. The molecule has 1 aromatic carbocycles. The molecule has 0 saturated heterocycles. The molecule has 0 aliphatic carbocycles. The molecule has 0 radical (unpaired) electrons. The van der Waals surface area contributed by atoms with E-state index in [-0.39, 0.29) is 18.1 Å². The Morgan fingerprint density at radius 3 is 3.05 bits per heavy atom. The Hall–Kier alpha value is -2.23. The molecule has 22 heavy (non-hydrogen) atoms. The van der Waals surface area contributed by atoms with Gasteiger partial charge in [0.25, 0.3) is 5.56 Å². The van der Waals surface area contributed by atoms with Crippen LogP contribution in [0.2, 0.25) is 0 Å². The van der Waals surface area contributed by atoms with Crippen LogP contribution in [-0.4, -0.2) is 32.3 Å². The molecule has 0 aliphatic heterocycles. The fourth-order valence-electron chi connectivity index (χ4n) is 1.97. The van der Waals surface area contributed by atoms with Crippen LogP contribution in [0.1, 0.15) is 17.3 Å². The molecule has 0 bridgehead atoms. The summed E-state index contributed by atoms with van der Waals surface area (Å²) in [4.78, 5) is 30.8. The molecule has 0 spiro atoms. The molecule has 0 amide bonds.